The fraction of sp³-hybridized carbons (Fsp3) is 0.522. The van der Waals surface area contributed by atoms with Gasteiger partial charge in [0, 0.05) is 42.3 Å². The zero-order valence-electron chi connectivity index (χ0n) is 16.8. The van der Waals surface area contributed by atoms with Gasteiger partial charge in [-0.15, -0.1) is 0 Å². The Morgan fingerprint density at radius 1 is 1.43 bits per heavy atom. The third-order valence-electron chi connectivity index (χ3n) is 6.15. The molecule has 0 fully saturated rings. The molecule has 4 nitrogen and oxygen atoms in total. The number of hydrogen-bond donors (Lipinski definition) is 2. The van der Waals surface area contributed by atoms with Crippen molar-refractivity contribution in [3.8, 4) is 0 Å². The minimum atomic E-state index is -0.322. The molecule has 0 saturated heterocycles. The lowest BCUT2D eigenvalue weighted by molar-refractivity contribution is -0.125. The quantitative estimate of drug-likeness (QED) is 0.757. The first-order valence-corrected chi connectivity index (χ1v) is 10.5. The number of aromatic amines is 1. The molecular weight excluding hydrogens is 353 g/mol. The number of aromatic nitrogens is 1. The summed E-state index contributed by atoms with van der Waals surface area (Å²) in [5.41, 5.74) is 4.91. The number of nitrogens with zero attached hydrogens (tertiary/aromatic N) is 1. The molecule has 150 valence electrons. The number of carbonyl (C=O) groups excluding carboxylic acids is 1. The Hall–Kier alpha value is -2.14. The van der Waals surface area contributed by atoms with Crippen molar-refractivity contribution in [2.24, 2.45) is 5.92 Å². The topological polar surface area (TPSA) is 48.1 Å². The van der Waals surface area contributed by atoms with Crippen molar-refractivity contribution < 1.29 is 9.18 Å². The van der Waals surface area contributed by atoms with Gasteiger partial charge in [0.25, 0.3) is 0 Å². The van der Waals surface area contributed by atoms with E-state index in [-0.39, 0.29) is 30.6 Å². The number of amides is 1. The highest BCUT2D eigenvalue weighted by Gasteiger charge is 2.37. The number of benzene rings is 1. The van der Waals surface area contributed by atoms with Crippen LogP contribution >= 0.6 is 0 Å². The van der Waals surface area contributed by atoms with E-state index in [1.807, 2.05) is 0 Å². The van der Waals surface area contributed by atoms with Gasteiger partial charge in [-0.05, 0) is 49.0 Å². The standard InChI is InChI=1S/C23H30FN3O/c1-3-6-15(2)26-23(28)17-11-19-18-7-4-8-20-22(18)16(13-25-20)12-21(19)27(14-17)10-5-9-24/h4,7-8,11,13,15,17,21,25H,3,5-6,9-10,12,14H2,1-2H3,(H,26,28)/t15-,17-,21-/m1/s1. The van der Waals surface area contributed by atoms with Gasteiger partial charge < -0.3 is 10.3 Å². The number of alkyl halides is 1. The molecule has 1 aliphatic heterocycles. The predicted molar refractivity (Wildman–Crippen MR) is 112 cm³/mol. The molecular formula is C23H30FN3O. The monoisotopic (exact) mass is 383 g/mol. The third kappa shape index (κ3) is 3.48. The minimum absolute atomic E-state index is 0.0872. The first-order chi connectivity index (χ1) is 13.6. The number of fused-ring (bicyclic) bond motifs is 2. The molecule has 2 aromatic rings. The number of halogens is 1. The van der Waals surface area contributed by atoms with Crippen LogP contribution in [-0.2, 0) is 11.2 Å². The Morgan fingerprint density at radius 3 is 3.07 bits per heavy atom. The van der Waals surface area contributed by atoms with E-state index in [4.69, 9.17) is 0 Å². The van der Waals surface area contributed by atoms with Crippen LogP contribution in [-0.4, -0.2) is 47.6 Å². The normalized spacial score (nSPS) is 22.6. The summed E-state index contributed by atoms with van der Waals surface area (Å²) >= 11 is 0. The molecule has 2 aliphatic rings. The average molecular weight is 384 g/mol. The van der Waals surface area contributed by atoms with Crippen LogP contribution in [0.25, 0.3) is 16.5 Å². The Kier molecular flexibility index (Phi) is 5.54. The Balaban J connectivity index is 1.69. The summed E-state index contributed by atoms with van der Waals surface area (Å²) in [6.07, 6.45) is 7.73. The van der Waals surface area contributed by atoms with E-state index in [9.17, 15) is 9.18 Å². The van der Waals surface area contributed by atoms with Crippen LogP contribution < -0.4 is 5.32 Å². The van der Waals surface area contributed by atoms with Gasteiger partial charge in [-0.2, -0.15) is 0 Å². The highest BCUT2D eigenvalue weighted by Crippen LogP contribution is 2.41. The maximum atomic E-state index is 13.0. The largest absolute Gasteiger partial charge is 0.361 e. The molecule has 0 spiro atoms. The highest BCUT2D eigenvalue weighted by atomic mass is 19.1. The van der Waals surface area contributed by atoms with E-state index in [0.29, 0.717) is 19.5 Å². The fourth-order valence-electron chi connectivity index (χ4n) is 4.85. The van der Waals surface area contributed by atoms with Crippen molar-refractivity contribution in [1.82, 2.24) is 15.2 Å². The van der Waals surface area contributed by atoms with E-state index < -0.39 is 0 Å². The van der Waals surface area contributed by atoms with E-state index in [2.05, 4.69) is 59.5 Å². The van der Waals surface area contributed by atoms with Crippen molar-refractivity contribution in [3.05, 3.63) is 41.6 Å². The van der Waals surface area contributed by atoms with Gasteiger partial charge in [0.2, 0.25) is 5.91 Å². The summed E-state index contributed by atoms with van der Waals surface area (Å²) in [6, 6.07) is 6.73. The maximum Gasteiger partial charge on any atom is 0.228 e. The van der Waals surface area contributed by atoms with Gasteiger partial charge in [0.15, 0.2) is 0 Å². The Labute approximate surface area is 166 Å². The molecule has 0 radical (unpaired) electrons. The highest BCUT2D eigenvalue weighted by molar-refractivity contribution is 5.99. The summed E-state index contributed by atoms with van der Waals surface area (Å²) in [5.74, 6) is -0.106. The lowest BCUT2D eigenvalue weighted by Gasteiger charge is -2.41. The molecule has 1 aliphatic carbocycles. The summed E-state index contributed by atoms with van der Waals surface area (Å²) in [7, 11) is 0. The van der Waals surface area contributed by atoms with Crippen LogP contribution in [0.4, 0.5) is 4.39 Å². The second kappa shape index (κ2) is 8.08. The lowest BCUT2D eigenvalue weighted by Crippen LogP contribution is -2.49. The van der Waals surface area contributed by atoms with Crippen molar-refractivity contribution in [1.29, 1.82) is 0 Å². The molecule has 1 amide bonds. The SMILES string of the molecule is CCC[C@@H](C)NC(=O)[C@@H]1C=C2c3cccc4[nH]cc(c34)C[C@H]2N(CCCF)C1. The maximum absolute atomic E-state index is 13.0. The number of hydrogen-bond acceptors (Lipinski definition) is 2. The first-order valence-electron chi connectivity index (χ1n) is 10.5. The molecule has 2 heterocycles. The summed E-state index contributed by atoms with van der Waals surface area (Å²) in [6.45, 7) is 5.22. The van der Waals surface area contributed by atoms with E-state index >= 15 is 0 Å². The number of rotatable bonds is 7. The second-order valence-corrected chi connectivity index (χ2v) is 8.23. The molecule has 0 unspecified atom stereocenters. The van der Waals surface area contributed by atoms with E-state index in [1.54, 1.807) is 0 Å². The third-order valence-corrected chi connectivity index (χ3v) is 6.15. The molecule has 1 aromatic heterocycles. The Bertz CT molecular complexity index is 887. The lowest BCUT2D eigenvalue weighted by atomic mass is 9.79. The molecule has 28 heavy (non-hydrogen) atoms. The molecule has 5 heteroatoms. The predicted octanol–water partition coefficient (Wildman–Crippen LogP) is 4.07. The van der Waals surface area contributed by atoms with Gasteiger partial charge in [-0.1, -0.05) is 31.6 Å². The summed E-state index contributed by atoms with van der Waals surface area (Å²) in [5, 5.41) is 4.45. The summed E-state index contributed by atoms with van der Waals surface area (Å²) in [4.78, 5) is 18.6. The molecule has 2 N–H and O–H groups in total. The summed E-state index contributed by atoms with van der Waals surface area (Å²) < 4.78 is 12.9. The van der Waals surface area contributed by atoms with Gasteiger partial charge in [-0.3, -0.25) is 14.1 Å². The van der Waals surface area contributed by atoms with Crippen LogP contribution in [0.5, 0.6) is 0 Å². The zero-order chi connectivity index (χ0) is 19.7. The molecule has 0 saturated carbocycles. The zero-order valence-corrected chi connectivity index (χ0v) is 16.8. The number of carbonyl (C=O) groups is 1. The van der Waals surface area contributed by atoms with Gasteiger partial charge in [0.05, 0.1) is 12.6 Å². The van der Waals surface area contributed by atoms with E-state index in [1.165, 1.54) is 22.1 Å². The first kappa shape index (κ1) is 19.2. The fourth-order valence-corrected chi connectivity index (χ4v) is 4.85. The Morgan fingerprint density at radius 2 is 2.29 bits per heavy atom. The minimum Gasteiger partial charge on any atom is -0.361 e. The van der Waals surface area contributed by atoms with Crippen LogP contribution in [0.15, 0.2) is 30.5 Å². The van der Waals surface area contributed by atoms with Gasteiger partial charge in [0.1, 0.15) is 0 Å². The van der Waals surface area contributed by atoms with Crippen LogP contribution in [0, 0.1) is 5.92 Å². The number of H-pyrrole nitrogens is 1. The average Bonchev–Trinajstić information content (AvgIpc) is 3.11. The van der Waals surface area contributed by atoms with Crippen LogP contribution in [0.1, 0.15) is 44.2 Å². The van der Waals surface area contributed by atoms with Crippen molar-refractivity contribution in [2.75, 3.05) is 19.8 Å². The van der Waals surface area contributed by atoms with Crippen molar-refractivity contribution >= 4 is 22.4 Å². The molecule has 1 aromatic carbocycles. The molecule has 4 rings (SSSR count). The molecule has 0 bridgehead atoms. The molecule has 3 atom stereocenters. The second-order valence-electron chi connectivity index (χ2n) is 8.23. The van der Waals surface area contributed by atoms with Crippen molar-refractivity contribution in [3.63, 3.8) is 0 Å². The van der Waals surface area contributed by atoms with Crippen molar-refractivity contribution in [2.45, 2.75) is 51.6 Å². The van der Waals surface area contributed by atoms with E-state index in [0.717, 1.165) is 24.8 Å². The van der Waals surface area contributed by atoms with Gasteiger partial charge >= 0.3 is 0 Å². The van der Waals surface area contributed by atoms with Crippen LogP contribution in [0.2, 0.25) is 0 Å². The smallest absolute Gasteiger partial charge is 0.228 e. The number of nitrogens with one attached hydrogen (secondary N) is 2. The van der Waals surface area contributed by atoms with Crippen LogP contribution in [0.3, 0.4) is 0 Å². The van der Waals surface area contributed by atoms with Gasteiger partial charge in [-0.25, -0.2) is 0 Å².